The summed E-state index contributed by atoms with van der Waals surface area (Å²) in [7, 11) is 1.47. The molecule has 0 aliphatic heterocycles. The minimum atomic E-state index is -2.70. The fourth-order valence-electron chi connectivity index (χ4n) is 3.90. The zero-order valence-electron chi connectivity index (χ0n) is 17.8. The number of nitrogen functional groups attached to an aromatic ring is 1. The summed E-state index contributed by atoms with van der Waals surface area (Å²) in [5.41, 5.74) is 8.61. The number of carbonyl (C=O) groups is 1. The first-order valence-electron chi connectivity index (χ1n) is 10.2. The van der Waals surface area contributed by atoms with Gasteiger partial charge in [0, 0.05) is 41.5 Å². The second-order valence-corrected chi connectivity index (χ2v) is 7.53. The van der Waals surface area contributed by atoms with E-state index in [2.05, 4.69) is 20.3 Å². The number of fused-ring (bicyclic) bond motifs is 2. The number of pyridine rings is 1. The van der Waals surface area contributed by atoms with E-state index in [1.807, 2.05) is 0 Å². The van der Waals surface area contributed by atoms with E-state index in [0.29, 0.717) is 28.0 Å². The van der Waals surface area contributed by atoms with Crippen molar-refractivity contribution in [2.24, 2.45) is 0 Å². The van der Waals surface area contributed by atoms with Crippen molar-refractivity contribution < 1.29 is 18.0 Å². The average Bonchev–Trinajstić information content (AvgIpc) is 3.29. The Morgan fingerprint density at radius 2 is 1.79 bits per heavy atom. The van der Waals surface area contributed by atoms with E-state index in [-0.39, 0.29) is 28.1 Å². The molecule has 170 valence electrons. The molecule has 0 bridgehead atoms. The number of alkyl halides is 2. The van der Waals surface area contributed by atoms with Gasteiger partial charge in [-0.05, 0) is 42.5 Å². The Bertz CT molecular complexity index is 1560. The third-order valence-corrected chi connectivity index (χ3v) is 5.49. The van der Waals surface area contributed by atoms with Crippen LogP contribution in [-0.2, 0) is 0 Å². The maximum atomic E-state index is 13.7. The Balaban J connectivity index is 1.87. The molecular weight excluding hydrogens is 445 g/mol. The normalized spacial score (nSPS) is 11.4. The van der Waals surface area contributed by atoms with E-state index < -0.39 is 18.1 Å². The van der Waals surface area contributed by atoms with Crippen LogP contribution in [0.5, 0.6) is 0 Å². The average molecular weight is 462 g/mol. The van der Waals surface area contributed by atoms with Crippen LogP contribution in [-0.4, -0.2) is 32.3 Å². The van der Waals surface area contributed by atoms with Crippen LogP contribution in [0.4, 0.5) is 19.0 Å². The standard InChI is InChI=1S/C24H17F3N6O/c1-29-24(34)18-11-33-20(13-4-7-17-16(10-13)15(21(26)27)8-9-30-17)19(32-22(28)23(33)31-18)12-2-5-14(25)6-3-12/h2-11,21H,1H3,(H2,28,32)(H,29,34). The molecule has 2 aromatic carbocycles. The Labute approximate surface area is 191 Å². The fourth-order valence-corrected chi connectivity index (χ4v) is 3.90. The van der Waals surface area contributed by atoms with Crippen LogP contribution in [0.2, 0.25) is 0 Å². The smallest absolute Gasteiger partial charge is 0.271 e. The van der Waals surface area contributed by atoms with E-state index in [1.165, 1.54) is 49.8 Å². The molecule has 0 fully saturated rings. The number of hydrogen-bond donors (Lipinski definition) is 2. The van der Waals surface area contributed by atoms with Crippen molar-refractivity contribution in [3.8, 4) is 22.5 Å². The molecule has 3 aromatic heterocycles. The monoisotopic (exact) mass is 462 g/mol. The molecule has 3 heterocycles. The highest BCUT2D eigenvalue weighted by molar-refractivity contribution is 5.95. The summed E-state index contributed by atoms with van der Waals surface area (Å²) in [5, 5.41) is 2.78. The first kappa shape index (κ1) is 21.4. The Hall–Kier alpha value is -4.47. The number of imidazole rings is 1. The molecule has 5 rings (SSSR count). The van der Waals surface area contributed by atoms with Crippen molar-refractivity contribution in [3.63, 3.8) is 0 Å². The van der Waals surface area contributed by atoms with Crippen LogP contribution in [0.25, 0.3) is 39.1 Å². The van der Waals surface area contributed by atoms with Gasteiger partial charge in [0.2, 0.25) is 0 Å². The van der Waals surface area contributed by atoms with Gasteiger partial charge in [-0.2, -0.15) is 0 Å². The van der Waals surface area contributed by atoms with E-state index in [4.69, 9.17) is 5.73 Å². The molecule has 0 unspecified atom stereocenters. The minimum Gasteiger partial charge on any atom is -0.381 e. The van der Waals surface area contributed by atoms with Gasteiger partial charge in [0.15, 0.2) is 11.5 Å². The van der Waals surface area contributed by atoms with Gasteiger partial charge >= 0.3 is 0 Å². The fraction of sp³-hybridized carbons (Fsp3) is 0.0833. The summed E-state index contributed by atoms with van der Waals surface area (Å²) in [6, 6.07) is 11.8. The van der Waals surface area contributed by atoms with Gasteiger partial charge in [-0.15, -0.1) is 0 Å². The van der Waals surface area contributed by atoms with Gasteiger partial charge in [0.25, 0.3) is 12.3 Å². The van der Waals surface area contributed by atoms with Gasteiger partial charge in [-0.25, -0.2) is 23.1 Å². The van der Waals surface area contributed by atoms with Crippen LogP contribution in [0.1, 0.15) is 22.5 Å². The predicted molar refractivity (Wildman–Crippen MR) is 122 cm³/mol. The van der Waals surface area contributed by atoms with Crippen molar-refractivity contribution in [1.82, 2.24) is 24.7 Å². The summed E-state index contributed by atoms with van der Waals surface area (Å²) >= 11 is 0. The number of hydrogen-bond acceptors (Lipinski definition) is 5. The third kappa shape index (κ3) is 3.49. The van der Waals surface area contributed by atoms with Crippen molar-refractivity contribution in [2.75, 3.05) is 12.8 Å². The number of carbonyl (C=O) groups excluding carboxylic acids is 1. The van der Waals surface area contributed by atoms with Crippen LogP contribution < -0.4 is 11.1 Å². The number of aromatic nitrogens is 4. The zero-order chi connectivity index (χ0) is 24.0. The van der Waals surface area contributed by atoms with E-state index in [9.17, 15) is 18.0 Å². The summed E-state index contributed by atoms with van der Waals surface area (Å²) < 4.78 is 42.6. The zero-order valence-corrected chi connectivity index (χ0v) is 17.8. The molecular formula is C24H17F3N6O. The predicted octanol–water partition coefficient (Wildman–Crippen LogP) is 4.63. The number of nitrogens with zero attached hydrogens (tertiary/aromatic N) is 4. The van der Waals surface area contributed by atoms with Crippen molar-refractivity contribution in [3.05, 3.63) is 78.0 Å². The number of rotatable bonds is 4. The SMILES string of the molecule is CNC(=O)c1cn2c(-c3ccc4nccc(C(F)F)c4c3)c(-c3ccc(F)cc3)nc(N)c2n1. The lowest BCUT2D eigenvalue weighted by atomic mass is 10.00. The van der Waals surface area contributed by atoms with Crippen LogP contribution >= 0.6 is 0 Å². The lowest BCUT2D eigenvalue weighted by molar-refractivity contribution is 0.0958. The molecule has 5 aromatic rings. The minimum absolute atomic E-state index is 0.0500. The third-order valence-electron chi connectivity index (χ3n) is 5.49. The number of anilines is 1. The van der Waals surface area contributed by atoms with Crippen LogP contribution in [0.15, 0.2) is 60.9 Å². The number of benzene rings is 2. The molecule has 1 amide bonds. The van der Waals surface area contributed by atoms with Gasteiger partial charge < -0.3 is 11.1 Å². The molecule has 3 N–H and O–H groups in total. The topological polar surface area (TPSA) is 98.2 Å². The number of halogens is 3. The lowest BCUT2D eigenvalue weighted by Gasteiger charge is -2.15. The second kappa shape index (κ2) is 8.14. The number of amides is 1. The molecule has 0 aliphatic rings. The van der Waals surface area contributed by atoms with Crippen molar-refractivity contribution in [2.45, 2.75) is 6.43 Å². The van der Waals surface area contributed by atoms with E-state index in [0.717, 1.165) is 0 Å². The molecule has 7 nitrogen and oxygen atoms in total. The van der Waals surface area contributed by atoms with Crippen LogP contribution in [0, 0.1) is 5.82 Å². The Morgan fingerprint density at radius 3 is 2.50 bits per heavy atom. The Morgan fingerprint density at radius 1 is 1.06 bits per heavy atom. The quantitative estimate of drug-likeness (QED) is 0.406. The highest BCUT2D eigenvalue weighted by Gasteiger charge is 2.21. The molecule has 0 aliphatic carbocycles. The molecule has 0 atom stereocenters. The number of nitrogens with one attached hydrogen (secondary N) is 1. The first-order valence-corrected chi connectivity index (χ1v) is 10.2. The first-order chi connectivity index (χ1) is 16.4. The van der Waals surface area contributed by atoms with Gasteiger partial charge in [-0.3, -0.25) is 14.2 Å². The maximum Gasteiger partial charge on any atom is 0.271 e. The molecule has 10 heteroatoms. The van der Waals surface area contributed by atoms with Crippen molar-refractivity contribution in [1.29, 1.82) is 0 Å². The largest absolute Gasteiger partial charge is 0.381 e. The molecule has 34 heavy (non-hydrogen) atoms. The van der Waals surface area contributed by atoms with Crippen molar-refractivity contribution >= 4 is 28.3 Å². The molecule has 0 radical (unpaired) electrons. The van der Waals surface area contributed by atoms with Crippen LogP contribution in [0.3, 0.4) is 0 Å². The lowest BCUT2D eigenvalue weighted by Crippen LogP contribution is -2.17. The highest BCUT2D eigenvalue weighted by atomic mass is 19.3. The molecule has 0 spiro atoms. The maximum absolute atomic E-state index is 13.7. The van der Waals surface area contributed by atoms with Gasteiger partial charge in [0.1, 0.15) is 11.5 Å². The number of nitrogens with two attached hydrogens (primary N) is 1. The summed E-state index contributed by atoms with van der Waals surface area (Å²) in [4.78, 5) is 25.2. The summed E-state index contributed by atoms with van der Waals surface area (Å²) in [6.07, 6.45) is 0.132. The summed E-state index contributed by atoms with van der Waals surface area (Å²) in [5.74, 6) is -0.809. The molecule has 0 saturated heterocycles. The van der Waals surface area contributed by atoms with Gasteiger partial charge in [0.05, 0.1) is 16.9 Å². The molecule has 0 saturated carbocycles. The summed E-state index contributed by atoms with van der Waals surface area (Å²) in [6.45, 7) is 0. The van der Waals surface area contributed by atoms with E-state index in [1.54, 1.807) is 22.6 Å². The van der Waals surface area contributed by atoms with Gasteiger partial charge in [-0.1, -0.05) is 6.07 Å². The van der Waals surface area contributed by atoms with E-state index >= 15 is 0 Å². The highest BCUT2D eigenvalue weighted by Crippen LogP contribution is 2.36. The second-order valence-electron chi connectivity index (χ2n) is 7.53. The Kier molecular flexibility index (Phi) is 5.12.